The minimum atomic E-state index is -0.0729. The number of pyridine rings is 2. The maximum absolute atomic E-state index is 12.6. The van der Waals surface area contributed by atoms with Crippen molar-refractivity contribution in [1.82, 2.24) is 29.1 Å². The second kappa shape index (κ2) is 13.4. The minimum Gasteiger partial charge on any atom is -0.342 e. The Hall–Kier alpha value is -4.95. The van der Waals surface area contributed by atoms with Crippen molar-refractivity contribution in [3.63, 3.8) is 0 Å². The highest BCUT2D eigenvalue weighted by Gasteiger charge is 2.17. The molecule has 0 radical (unpaired) electrons. The molecule has 9 heteroatoms. The first kappa shape index (κ1) is 36.2. The van der Waals surface area contributed by atoms with Crippen LogP contribution >= 0.6 is 11.6 Å². The number of aryl methyl sites for hydroxylation is 3. The Kier molecular flexibility index (Phi) is 10.8. The van der Waals surface area contributed by atoms with E-state index in [1.807, 2.05) is 79.2 Å². The van der Waals surface area contributed by atoms with Crippen LogP contribution in [0, 0.1) is 6.92 Å². The van der Waals surface area contributed by atoms with Crippen molar-refractivity contribution >= 4 is 76.8 Å². The summed E-state index contributed by atoms with van der Waals surface area (Å²) in [6.07, 6.45) is 3.43. The summed E-state index contributed by atoms with van der Waals surface area (Å²) >= 11 is 6.19. The van der Waals surface area contributed by atoms with Gasteiger partial charge in [-0.2, -0.15) is 0 Å². The van der Waals surface area contributed by atoms with Gasteiger partial charge in [0.15, 0.2) is 0 Å². The lowest BCUT2D eigenvalue weighted by molar-refractivity contribution is 0.874. The predicted molar refractivity (Wildman–Crippen MR) is 196 cm³/mol. The van der Waals surface area contributed by atoms with Crippen LogP contribution in [-0.4, -0.2) is 29.1 Å². The maximum atomic E-state index is 12.6. The molecule has 8 rings (SSSR count). The van der Waals surface area contributed by atoms with E-state index in [9.17, 15) is 9.59 Å². The summed E-state index contributed by atoms with van der Waals surface area (Å²) in [4.78, 5) is 39.7. The number of fused-ring (bicyclic) bond motifs is 12. The van der Waals surface area contributed by atoms with Gasteiger partial charge in [-0.15, -0.1) is 0 Å². The van der Waals surface area contributed by atoms with Crippen LogP contribution in [0.15, 0.2) is 82.6 Å². The van der Waals surface area contributed by atoms with Gasteiger partial charge < -0.3 is 19.1 Å². The third-order valence-electron chi connectivity index (χ3n) is 7.52. The Balaban J connectivity index is 0.000000283. The number of nitrogens with one attached hydrogen (secondary N) is 2. The molecule has 0 fully saturated rings. The zero-order valence-electron chi connectivity index (χ0n) is 21.9. The van der Waals surface area contributed by atoms with Gasteiger partial charge >= 0.3 is 0 Å². The molecule has 0 saturated heterocycles. The molecule has 0 saturated carbocycles. The molecule has 0 bridgehead atoms. The summed E-state index contributed by atoms with van der Waals surface area (Å²) in [7, 11) is 3.64. The number of hydrogen-bond acceptors (Lipinski definition) is 4. The molecule has 4 aromatic carbocycles. The number of aromatic nitrogens is 6. The molecule has 0 aliphatic rings. The zero-order valence-corrected chi connectivity index (χ0v) is 22.7. The van der Waals surface area contributed by atoms with Gasteiger partial charge in [0.25, 0.3) is 11.1 Å². The van der Waals surface area contributed by atoms with Crippen molar-refractivity contribution in [3.05, 3.63) is 105 Å². The lowest BCUT2D eigenvalue weighted by atomic mass is 10.0. The second-order valence-electron chi connectivity index (χ2n) is 9.89. The summed E-state index contributed by atoms with van der Waals surface area (Å²) in [5.41, 5.74) is 3.48. The molecule has 0 unspecified atom stereocenters. The van der Waals surface area contributed by atoms with Crippen molar-refractivity contribution in [2.24, 2.45) is 14.1 Å². The van der Waals surface area contributed by atoms with Crippen molar-refractivity contribution in [1.29, 1.82) is 0 Å². The van der Waals surface area contributed by atoms with Crippen molar-refractivity contribution in [2.45, 2.75) is 44.1 Å². The maximum Gasteiger partial charge on any atom is 0.258 e. The molecular formula is C36H43ClN6O2. The largest absolute Gasteiger partial charge is 0.342 e. The van der Waals surface area contributed by atoms with Crippen LogP contribution in [0.2, 0.25) is 5.28 Å². The Labute approximate surface area is 268 Å². The Morgan fingerprint density at radius 3 is 1.93 bits per heavy atom. The minimum absolute atomic E-state index is 0. The fourth-order valence-corrected chi connectivity index (χ4v) is 5.87. The van der Waals surface area contributed by atoms with Crippen LogP contribution in [0.4, 0.5) is 0 Å². The molecule has 2 N–H and O–H groups in total. The zero-order chi connectivity index (χ0) is 27.7. The summed E-state index contributed by atoms with van der Waals surface area (Å²) < 4.78 is 3.45. The Morgan fingerprint density at radius 2 is 1.27 bits per heavy atom. The summed E-state index contributed by atoms with van der Waals surface area (Å²) in [6.45, 7) is 1.92. The average Bonchev–Trinajstić information content (AvgIpc) is 3.50. The molecule has 8 aromatic rings. The lowest BCUT2D eigenvalue weighted by Crippen LogP contribution is -2.16. The van der Waals surface area contributed by atoms with Gasteiger partial charge in [-0.05, 0) is 41.4 Å². The number of H-pyrrole nitrogens is 2. The highest BCUT2D eigenvalue weighted by molar-refractivity contribution is 6.31. The molecule has 0 aliphatic carbocycles. The van der Waals surface area contributed by atoms with Crippen LogP contribution < -0.4 is 11.1 Å². The monoisotopic (exact) mass is 626 g/mol. The van der Waals surface area contributed by atoms with Gasteiger partial charge in [-0.25, -0.2) is 9.97 Å². The van der Waals surface area contributed by atoms with E-state index in [1.165, 1.54) is 0 Å². The number of aromatic amines is 2. The lowest BCUT2D eigenvalue weighted by Gasteiger charge is -2.08. The van der Waals surface area contributed by atoms with E-state index < -0.39 is 0 Å². The van der Waals surface area contributed by atoms with Crippen LogP contribution in [0.3, 0.4) is 0 Å². The molecular weight excluding hydrogens is 584 g/mol. The van der Waals surface area contributed by atoms with Crippen LogP contribution in [-0.2, 0) is 14.1 Å². The Bertz CT molecular complexity index is 2430. The van der Waals surface area contributed by atoms with Crippen molar-refractivity contribution in [2.75, 3.05) is 0 Å². The third-order valence-corrected chi connectivity index (χ3v) is 7.86. The highest BCUT2D eigenvalue weighted by atomic mass is 35.5. The fraction of sp³-hybridized carbons (Fsp3) is 0.222. The summed E-state index contributed by atoms with van der Waals surface area (Å²) in [5.74, 6) is 0.855. The number of rotatable bonds is 0. The molecule has 0 aliphatic heterocycles. The van der Waals surface area contributed by atoms with Crippen LogP contribution in [0.5, 0.6) is 0 Å². The van der Waals surface area contributed by atoms with E-state index in [1.54, 1.807) is 24.0 Å². The van der Waals surface area contributed by atoms with Gasteiger partial charge in [0.2, 0.25) is 5.28 Å². The predicted octanol–water partition coefficient (Wildman–Crippen LogP) is 9.28. The van der Waals surface area contributed by atoms with Gasteiger partial charge in [-0.1, -0.05) is 85.7 Å². The van der Waals surface area contributed by atoms with Crippen molar-refractivity contribution < 1.29 is 0 Å². The van der Waals surface area contributed by atoms with E-state index in [2.05, 4.69) is 19.9 Å². The molecule has 0 atom stereocenters. The topological polar surface area (TPSA) is 101 Å². The quantitative estimate of drug-likeness (QED) is 0.164. The molecule has 236 valence electrons. The Morgan fingerprint density at radius 1 is 0.689 bits per heavy atom. The number of nitrogens with zero attached hydrogens (tertiary/aromatic N) is 4. The normalized spacial score (nSPS) is 10.4. The SMILES string of the molecule is C.C.C.C.C.Cc1nc2c3cc[nH]c(=O)c3c3ccccc3c2[nH]1.Cn1ccc2c3nc(Cl)n(C)c3c3ccccc3c2c1=O. The number of hydrogen-bond donors (Lipinski definition) is 2. The highest BCUT2D eigenvalue weighted by Crippen LogP contribution is 2.34. The molecule has 4 aromatic heterocycles. The number of halogens is 1. The van der Waals surface area contributed by atoms with Gasteiger partial charge in [-0.3, -0.25) is 9.59 Å². The summed E-state index contributed by atoms with van der Waals surface area (Å²) in [5, 5.41) is 7.46. The average molecular weight is 627 g/mol. The molecule has 4 heterocycles. The van der Waals surface area contributed by atoms with Gasteiger partial charge in [0.05, 0.1) is 32.8 Å². The number of benzene rings is 4. The third kappa shape index (κ3) is 5.36. The molecule has 0 amide bonds. The second-order valence-corrected chi connectivity index (χ2v) is 10.2. The van der Waals surface area contributed by atoms with Crippen LogP contribution in [0.1, 0.15) is 43.0 Å². The van der Waals surface area contributed by atoms with E-state index in [-0.39, 0.29) is 48.3 Å². The fourth-order valence-electron chi connectivity index (χ4n) is 5.71. The van der Waals surface area contributed by atoms with Crippen LogP contribution in [0.25, 0.3) is 65.2 Å². The molecule has 45 heavy (non-hydrogen) atoms. The van der Waals surface area contributed by atoms with E-state index in [4.69, 9.17) is 11.6 Å². The summed E-state index contributed by atoms with van der Waals surface area (Å²) in [6, 6.07) is 19.6. The molecule has 0 spiro atoms. The van der Waals surface area contributed by atoms with Crippen molar-refractivity contribution in [3.8, 4) is 0 Å². The van der Waals surface area contributed by atoms with Gasteiger partial charge in [0, 0.05) is 48.0 Å². The molecule has 8 nitrogen and oxygen atoms in total. The standard InChI is InChI=1S/C16H12ClN3O.C15H11N3O.5CH4/c1-19-8-7-11-12(15(19)21)9-5-3-4-6-10(9)14-13(11)18-16(17)20(14)2;1-8-17-13-10-5-3-2-4-9(10)12-11(14(13)18-8)6-7-16-15(12)19;;;;;/h3-8H,1-2H3;2-7H,1H3,(H,16,19)(H,17,18);5*1H4. The first-order valence-electron chi connectivity index (χ1n) is 12.8. The van der Waals surface area contributed by atoms with E-state index >= 15 is 0 Å². The van der Waals surface area contributed by atoms with E-state index in [0.29, 0.717) is 16.1 Å². The first-order valence-corrected chi connectivity index (χ1v) is 13.1. The van der Waals surface area contributed by atoms with Gasteiger partial charge in [0.1, 0.15) is 5.82 Å². The van der Waals surface area contributed by atoms with E-state index in [0.717, 1.165) is 60.2 Å². The number of imidazole rings is 2. The smallest absolute Gasteiger partial charge is 0.258 e. The first-order chi connectivity index (χ1) is 19.3.